The molecule has 23 heavy (non-hydrogen) atoms. The van der Waals surface area contributed by atoms with Gasteiger partial charge in [-0.3, -0.25) is 19.2 Å². The van der Waals surface area contributed by atoms with Gasteiger partial charge in [-0.2, -0.15) is 0 Å². The van der Waals surface area contributed by atoms with Crippen LogP contribution in [0.4, 0.5) is 0 Å². The lowest BCUT2D eigenvalue weighted by Crippen LogP contribution is -2.11. The third-order valence-electron chi connectivity index (χ3n) is 0.167. The van der Waals surface area contributed by atoms with Crippen LogP contribution in [-0.2, 0) is 19.2 Å². The van der Waals surface area contributed by atoms with Gasteiger partial charge in [-0.15, -0.1) is 0 Å². The molecule has 0 unspecified atom stereocenters. The lowest BCUT2D eigenvalue weighted by Gasteiger charge is -1.72. The van der Waals surface area contributed by atoms with Crippen molar-refractivity contribution in [3.8, 4) is 0 Å². The summed E-state index contributed by atoms with van der Waals surface area (Å²) in [6, 6.07) is 0. The third kappa shape index (κ3) is 3530. The molecule has 0 aromatic heterocycles. The Balaban J connectivity index is -0.0000000197. The van der Waals surface area contributed by atoms with Crippen LogP contribution < -0.4 is 23.8 Å². The first-order valence-electron chi connectivity index (χ1n) is 5.03. The second kappa shape index (κ2) is 50.3. The maximum absolute atomic E-state index is 9.00. The van der Waals surface area contributed by atoms with E-state index in [9.17, 15) is 0 Å². The van der Waals surface area contributed by atoms with Gasteiger partial charge in [0.25, 0.3) is 23.9 Å². The number of hydrogen-bond donors (Lipinski definition) is 8. The number of carbonyl (C=O) groups is 4. The fraction of sp³-hybridized carbons (Fsp3) is 0.600. The molecule has 0 aliphatic rings. The Bertz CT molecular complexity index is 197. The van der Waals surface area contributed by atoms with E-state index in [-0.39, 0.29) is 17.8 Å². The van der Waals surface area contributed by atoms with Crippen molar-refractivity contribution in [1.82, 2.24) is 12.3 Å². The van der Waals surface area contributed by atoms with E-state index in [1.165, 1.54) is 0 Å². The average Bonchev–Trinajstić information content (AvgIpc) is 2.13. The minimum Gasteiger partial charge on any atom is -0.481 e. The molecule has 0 rings (SSSR count). The molecule has 0 fully saturated rings. The highest BCUT2D eigenvalue weighted by Gasteiger charge is 1.66. The van der Waals surface area contributed by atoms with Crippen molar-refractivity contribution >= 4 is 23.9 Å². The molecular formula is C10H32N4O9. The average molecular weight is 352 g/mol. The van der Waals surface area contributed by atoms with Crippen molar-refractivity contribution in [3.63, 3.8) is 0 Å². The van der Waals surface area contributed by atoms with Crippen LogP contribution in [0.2, 0.25) is 0 Å². The largest absolute Gasteiger partial charge is 0.481 e. The zero-order chi connectivity index (χ0) is 17.7. The Morgan fingerprint density at radius 3 is 0.652 bits per heavy atom. The van der Waals surface area contributed by atoms with Gasteiger partial charge in [-0.05, 0) is 0 Å². The summed E-state index contributed by atoms with van der Waals surface area (Å²) in [6.07, 6.45) is 0. The van der Waals surface area contributed by atoms with E-state index in [1.807, 2.05) is 0 Å². The summed E-state index contributed by atoms with van der Waals surface area (Å²) in [4.78, 5) is 36.0. The van der Waals surface area contributed by atoms with E-state index in [0.717, 1.165) is 27.7 Å². The van der Waals surface area contributed by atoms with E-state index in [0.29, 0.717) is 13.1 Å². The van der Waals surface area contributed by atoms with E-state index in [4.69, 9.17) is 51.1 Å². The second-order valence-electron chi connectivity index (χ2n) is 2.65. The van der Waals surface area contributed by atoms with Crippen LogP contribution in [0.15, 0.2) is 0 Å². The molecule has 0 saturated heterocycles. The number of hydrogen-bond acceptors (Lipinski definition) is 8. The predicted molar refractivity (Wildman–Crippen MR) is 85.0 cm³/mol. The molecule has 0 aliphatic heterocycles. The van der Waals surface area contributed by atoms with E-state index in [2.05, 4.69) is 0 Å². The highest BCUT2D eigenvalue weighted by molar-refractivity contribution is 5.63. The first kappa shape index (κ1) is 49.8. The molecule has 0 aromatic rings. The van der Waals surface area contributed by atoms with Crippen LogP contribution in [-0.4, -0.2) is 62.9 Å². The Kier molecular flexibility index (Phi) is 109. The van der Waals surface area contributed by atoms with Crippen LogP contribution in [0, 0.1) is 0 Å². The van der Waals surface area contributed by atoms with Crippen molar-refractivity contribution in [1.29, 1.82) is 0 Å². The Morgan fingerprint density at radius 2 is 0.652 bits per heavy atom. The molecule has 13 nitrogen and oxygen atoms in total. The zero-order valence-corrected chi connectivity index (χ0v) is 13.9. The van der Waals surface area contributed by atoms with Crippen molar-refractivity contribution in [2.24, 2.45) is 11.5 Å². The molecule has 0 aromatic carbocycles. The summed E-state index contributed by atoms with van der Waals surface area (Å²) < 4.78 is 0. The van der Waals surface area contributed by atoms with Crippen molar-refractivity contribution in [2.75, 3.05) is 13.1 Å². The van der Waals surface area contributed by atoms with E-state index < -0.39 is 23.9 Å². The highest BCUT2D eigenvalue weighted by atomic mass is 16.4. The van der Waals surface area contributed by atoms with Crippen LogP contribution in [0.1, 0.15) is 27.7 Å². The van der Waals surface area contributed by atoms with Crippen LogP contribution in [0.5, 0.6) is 0 Å². The molecule has 0 atom stereocenters. The first-order valence-corrected chi connectivity index (χ1v) is 5.03. The normalized spacial score (nSPS) is 5.65. The lowest BCUT2D eigenvalue weighted by molar-refractivity contribution is -0.135. The number of nitrogens with two attached hydrogens (primary N) is 2. The molecule has 0 heterocycles. The van der Waals surface area contributed by atoms with Crippen molar-refractivity contribution in [2.45, 2.75) is 27.7 Å². The molecule has 0 saturated carbocycles. The summed E-state index contributed by atoms with van der Waals surface area (Å²) in [5.41, 5.74) is 9.81. The Labute approximate surface area is 134 Å². The van der Waals surface area contributed by atoms with Gasteiger partial charge in [-0.1, -0.05) is 0 Å². The monoisotopic (exact) mass is 352 g/mol. The van der Waals surface area contributed by atoms with Crippen molar-refractivity contribution in [3.05, 3.63) is 0 Å². The summed E-state index contributed by atoms with van der Waals surface area (Å²) >= 11 is 0. The standard InChI is InChI=1S/C2H8N2.4C2H4O2.2H3N.H2O/c3-1-2-4;4*1-2(3)4;;;/h1-4H2;4*1H3,(H,3,4);2*1H3;1H2. The van der Waals surface area contributed by atoms with Gasteiger partial charge in [0.15, 0.2) is 0 Å². The molecule has 16 N–H and O–H groups in total. The molecule has 0 radical (unpaired) electrons. The number of carboxylic acid groups (broad SMARTS) is 4. The summed E-state index contributed by atoms with van der Waals surface area (Å²) in [5.74, 6) is -3.33. The fourth-order valence-electron chi connectivity index (χ4n) is 0. The first-order chi connectivity index (χ1) is 8.84. The molecule has 0 amide bonds. The van der Waals surface area contributed by atoms with Gasteiger partial charge in [0.1, 0.15) is 0 Å². The predicted octanol–water partition coefficient (Wildman–Crippen LogP) is -1.23. The second-order valence-corrected chi connectivity index (χ2v) is 2.65. The summed E-state index contributed by atoms with van der Waals surface area (Å²) in [7, 11) is 0. The molecular weight excluding hydrogens is 320 g/mol. The number of carboxylic acids is 4. The number of rotatable bonds is 1. The molecule has 0 spiro atoms. The van der Waals surface area contributed by atoms with Gasteiger partial charge >= 0.3 is 0 Å². The molecule has 0 aliphatic carbocycles. The van der Waals surface area contributed by atoms with Gasteiger partial charge < -0.3 is 49.7 Å². The lowest BCUT2D eigenvalue weighted by atomic mass is 10.7. The molecule has 146 valence electrons. The molecule has 13 heteroatoms. The van der Waals surface area contributed by atoms with Crippen molar-refractivity contribution < 1.29 is 45.1 Å². The smallest absolute Gasteiger partial charge is 0.300 e. The van der Waals surface area contributed by atoms with Crippen LogP contribution >= 0.6 is 0 Å². The maximum Gasteiger partial charge on any atom is 0.300 e. The molecule has 0 bridgehead atoms. The van der Waals surface area contributed by atoms with Gasteiger partial charge in [0, 0.05) is 40.8 Å². The fourth-order valence-corrected chi connectivity index (χ4v) is 0. The van der Waals surface area contributed by atoms with Gasteiger partial charge in [0.2, 0.25) is 0 Å². The van der Waals surface area contributed by atoms with E-state index in [1.54, 1.807) is 0 Å². The summed E-state index contributed by atoms with van der Waals surface area (Å²) in [5, 5.41) is 29.7. The van der Waals surface area contributed by atoms with Crippen LogP contribution in [0.25, 0.3) is 0 Å². The maximum atomic E-state index is 9.00. The SMILES string of the molecule is CC(=O)O.CC(=O)O.CC(=O)O.CC(=O)O.N.N.NCCN.O. The Morgan fingerprint density at radius 1 is 0.609 bits per heavy atom. The topological polar surface area (TPSA) is 303 Å². The third-order valence-corrected chi connectivity index (χ3v) is 0.167. The van der Waals surface area contributed by atoms with Gasteiger partial charge in [-0.25, -0.2) is 0 Å². The zero-order valence-electron chi connectivity index (χ0n) is 13.9. The minimum atomic E-state index is -0.833. The number of aliphatic carboxylic acids is 4. The van der Waals surface area contributed by atoms with E-state index >= 15 is 0 Å². The Hall–Kier alpha value is -2.32. The van der Waals surface area contributed by atoms with Crippen LogP contribution in [0.3, 0.4) is 0 Å². The van der Waals surface area contributed by atoms with Gasteiger partial charge in [0.05, 0.1) is 0 Å². The summed E-state index contributed by atoms with van der Waals surface area (Å²) in [6.45, 7) is 5.53. The quantitative estimate of drug-likeness (QED) is 0.275. The highest BCUT2D eigenvalue weighted by Crippen LogP contribution is 1.43. The minimum absolute atomic E-state index is 0.